The van der Waals surface area contributed by atoms with Gasteiger partial charge in [0.05, 0.1) is 10.7 Å². The fraction of sp³-hybridized carbons (Fsp3) is 0.133. The number of aryl methyl sites for hydroxylation is 1. The molecule has 1 heterocycles. The van der Waals surface area contributed by atoms with Crippen molar-refractivity contribution < 1.29 is 9.15 Å². The molecule has 20 heavy (non-hydrogen) atoms. The van der Waals surface area contributed by atoms with E-state index in [-0.39, 0.29) is 6.61 Å². The topological polar surface area (TPSA) is 61.3 Å². The first-order valence-corrected chi connectivity index (χ1v) is 6.54. The molecule has 3 aromatic rings. The summed E-state index contributed by atoms with van der Waals surface area (Å²) in [5, 5.41) is 0.570. The van der Waals surface area contributed by atoms with E-state index in [1.807, 2.05) is 37.3 Å². The van der Waals surface area contributed by atoms with Crippen molar-refractivity contribution in [3.05, 3.63) is 52.9 Å². The summed E-state index contributed by atoms with van der Waals surface area (Å²) >= 11 is 6.10. The van der Waals surface area contributed by atoms with Crippen molar-refractivity contribution in [3.8, 4) is 5.75 Å². The lowest BCUT2D eigenvalue weighted by molar-refractivity contribution is 0.267. The zero-order valence-corrected chi connectivity index (χ0v) is 11.6. The molecule has 1 aromatic heterocycles. The maximum absolute atomic E-state index is 6.10. The van der Waals surface area contributed by atoms with Gasteiger partial charge in [0.15, 0.2) is 12.2 Å². The molecule has 3 rings (SSSR count). The number of ether oxygens (including phenoxy) is 1. The van der Waals surface area contributed by atoms with E-state index in [4.69, 9.17) is 26.5 Å². The van der Waals surface area contributed by atoms with Gasteiger partial charge in [0.25, 0.3) is 0 Å². The summed E-state index contributed by atoms with van der Waals surface area (Å²) in [6.45, 7) is 2.18. The predicted molar refractivity (Wildman–Crippen MR) is 78.9 cm³/mol. The third-order valence-electron chi connectivity index (χ3n) is 2.93. The average Bonchev–Trinajstić information content (AvgIpc) is 2.82. The molecule has 0 fully saturated rings. The Labute approximate surface area is 121 Å². The van der Waals surface area contributed by atoms with E-state index in [1.54, 1.807) is 6.07 Å². The van der Waals surface area contributed by atoms with Gasteiger partial charge in [-0.15, -0.1) is 0 Å². The van der Waals surface area contributed by atoms with Crippen LogP contribution in [0.2, 0.25) is 5.02 Å². The van der Waals surface area contributed by atoms with Crippen molar-refractivity contribution in [2.45, 2.75) is 13.5 Å². The van der Waals surface area contributed by atoms with Gasteiger partial charge in [-0.2, -0.15) is 0 Å². The molecule has 0 aliphatic heterocycles. The second kappa shape index (κ2) is 5.06. The zero-order valence-electron chi connectivity index (χ0n) is 10.9. The summed E-state index contributed by atoms with van der Waals surface area (Å²) in [6, 6.07) is 11.0. The number of nitrogens with zero attached hydrogens (tertiary/aromatic N) is 1. The summed E-state index contributed by atoms with van der Waals surface area (Å²) < 4.78 is 11.2. The van der Waals surface area contributed by atoms with Gasteiger partial charge < -0.3 is 14.9 Å². The summed E-state index contributed by atoms with van der Waals surface area (Å²) in [6.07, 6.45) is 0. The molecule has 0 saturated heterocycles. The Morgan fingerprint density at radius 2 is 2.15 bits per heavy atom. The first-order chi connectivity index (χ1) is 9.63. The highest BCUT2D eigenvalue weighted by Crippen LogP contribution is 2.27. The fourth-order valence-electron chi connectivity index (χ4n) is 1.94. The van der Waals surface area contributed by atoms with Gasteiger partial charge in [0, 0.05) is 0 Å². The number of hydrogen-bond acceptors (Lipinski definition) is 4. The molecule has 0 aliphatic rings. The van der Waals surface area contributed by atoms with Gasteiger partial charge >= 0.3 is 0 Å². The van der Waals surface area contributed by atoms with Crippen LogP contribution in [0.4, 0.5) is 5.69 Å². The Balaban J connectivity index is 1.81. The maximum Gasteiger partial charge on any atom is 0.233 e. The second-order valence-corrected chi connectivity index (χ2v) is 4.93. The molecule has 102 valence electrons. The van der Waals surface area contributed by atoms with Crippen LogP contribution in [-0.2, 0) is 6.61 Å². The number of para-hydroxylation sites is 1. The number of nitrogen functional groups attached to an aromatic ring is 1. The van der Waals surface area contributed by atoms with Crippen molar-refractivity contribution in [3.63, 3.8) is 0 Å². The first kappa shape index (κ1) is 12.8. The van der Waals surface area contributed by atoms with Crippen LogP contribution < -0.4 is 10.5 Å². The number of rotatable bonds is 3. The van der Waals surface area contributed by atoms with E-state index < -0.39 is 0 Å². The molecule has 2 N–H and O–H groups in total. The maximum atomic E-state index is 6.10. The van der Waals surface area contributed by atoms with E-state index in [0.717, 1.165) is 5.56 Å². The molecule has 0 aliphatic carbocycles. The average molecular weight is 289 g/mol. The Morgan fingerprint density at radius 3 is 2.90 bits per heavy atom. The molecular formula is C15H13ClN2O2. The standard InChI is InChI=1S/C15H13ClN2O2/c1-9-5-6-12(10(16)7-9)19-8-14-18-15-11(17)3-2-4-13(15)20-14/h2-7H,8,17H2,1H3. The minimum absolute atomic E-state index is 0.205. The van der Waals surface area contributed by atoms with Gasteiger partial charge in [0.2, 0.25) is 5.89 Å². The minimum atomic E-state index is 0.205. The van der Waals surface area contributed by atoms with Gasteiger partial charge in [-0.1, -0.05) is 23.7 Å². The number of benzene rings is 2. The summed E-state index contributed by atoms with van der Waals surface area (Å²) in [5.41, 5.74) is 8.81. The zero-order chi connectivity index (χ0) is 14.1. The van der Waals surface area contributed by atoms with Gasteiger partial charge in [-0.3, -0.25) is 0 Å². The molecule has 2 aromatic carbocycles. The third kappa shape index (κ3) is 2.42. The van der Waals surface area contributed by atoms with Crippen molar-refractivity contribution >= 4 is 28.4 Å². The van der Waals surface area contributed by atoms with Crippen molar-refractivity contribution in [2.75, 3.05) is 5.73 Å². The van der Waals surface area contributed by atoms with Crippen LogP contribution in [0.5, 0.6) is 5.75 Å². The molecular weight excluding hydrogens is 276 g/mol. The van der Waals surface area contributed by atoms with E-state index in [2.05, 4.69) is 4.98 Å². The highest BCUT2D eigenvalue weighted by molar-refractivity contribution is 6.32. The fourth-order valence-corrected chi connectivity index (χ4v) is 2.23. The lowest BCUT2D eigenvalue weighted by Crippen LogP contribution is -1.96. The van der Waals surface area contributed by atoms with Crippen LogP contribution in [-0.4, -0.2) is 4.98 Å². The molecule has 4 nitrogen and oxygen atoms in total. The van der Waals surface area contributed by atoms with Crippen LogP contribution in [0, 0.1) is 6.92 Å². The number of anilines is 1. The Morgan fingerprint density at radius 1 is 1.30 bits per heavy atom. The molecule has 0 amide bonds. The number of halogens is 1. The van der Waals surface area contributed by atoms with Crippen LogP contribution >= 0.6 is 11.6 Å². The molecule has 0 atom stereocenters. The molecule has 0 bridgehead atoms. The molecule has 0 radical (unpaired) electrons. The highest BCUT2D eigenvalue weighted by Gasteiger charge is 2.09. The highest BCUT2D eigenvalue weighted by atomic mass is 35.5. The molecule has 5 heteroatoms. The predicted octanol–water partition coefficient (Wildman–Crippen LogP) is 3.95. The lowest BCUT2D eigenvalue weighted by atomic mass is 10.2. The summed E-state index contributed by atoms with van der Waals surface area (Å²) in [4.78, 5) is 4.31. The smallest absolute Gasteiger partial charge is 0.233 e. The Hall–Kier alpha value is -2.20. The van der Waals surface area contributed by atoms with Crippen molar-refractivity contribution in [1.82, 2.24) is 4.98 Å². The Kier molecular flexibility index (Phi) is 3.24. The van der Waals surface area contributed by atoms with Crippen LogP contribution in [0.1, 0.15) is 11.5 Å². The quantitative estimate of drug-likeness (QED) is 0.741. The van der Waals surface area contributed by atoms with Crippen LogP contribution in [0.15, 0.2) is 40.8 Å². The van der Waals surface area contributed by atoms with Crippen LogP contribution in [0.3, 0.4) is 0 Å². The van der Waals surface area contributed by atoms with Crippen molar-refractivity contribution in [1.29, 1.82) is 0 Å². The van der Waals surface area contributed by atoms with Gasteiger partial charge in [0.1, 0.15) is 11.3 Å². The monoisotopic (exact) mass is 288 g/mol. The molecule has 0 spiro atoms. The SMILES string of the molecule is Cc1ccc(OCc2nc3c(N)cccc3o2)c(Cl)c1. The van der Waals surface area contributed by atoms with E-state index >= 15 is 0 Å². The van der Waals surface area contributed by atoms with Gasteiger partial charge in [-0.05, 0) is 36.8 Å². The largest absolute Gasteiger partial charge is 0.482 e. The minimum Gasteiger partial charge on any atom is -0.482 e. The normalized spacial score (nSPS) is 10.9. The summed E-state index contributed by atoms with van der Waals surface area (Å²) in [5.74, 6) is 1.07. The first-order valence-electron chi connectivity index (χ1n) is 6.16. The number of aromatic nitrogens is 1. The number of nitrogens with two attached hydrogens (primary N) is 1. The van der Waals surface area contributed by atoms with E-state index in [1.165, 1.54) is 0 Å². The van der Waals surface area contributed by atoms with Crippen LogP contribution in [0.25, 0.3) is 11.1 Å². The number of oxazole rings is 1. The molecule has 0 saturated carbocycles. The molecule has 0 unspecified atom stereocenters. The van der Waals surface area contributed by atoms with Gasteiger partial charge in [-0.25, -0.2) is 4.98 Å². The Bertz CT molecular complexity index is 768. The van der Waals surface area contributed by atoms with E-state index in [0.29, 0.717) is 33.4 Å². The summed E-state index contributed by atoms with van der Waals surface area (Å²) in [7, 11) is 0. The second-order valence-electron chi connectivity index (χ2n) is 4.52. The van der Waals surface area contributed by atoms with Crippen molar-refractivity contribution in [2.24, 2.45) is 0 Å². The van der Waals surface area contributed by atoms with E-state index in [9.17, 15) is 0 Å². The lowest BCUT2D eigenvalue weighted by Gasteiger charge is -2.06. The number of fused-ring (bicyclic) bond motifs is 1. The third-order valence-corrected chi connectivity index (χ3v) is 3.23. The number of hydrogen-bond donors (Lipinski definition) is 1.